The first-order valence-corrected chi connectivity index (χ1v) is 8.75. The first-order chi connectivity index (χ1) is 12.6. The molecule has 0 unspecified atom stereocenters. The monoisotopic (exact) mass is 361 g/mol. The van der Waals surface area contributed by atoms with E-state index in [9.17, 15) is 4.79 Å². The molecular weight excluding hydrogens is 326 g/mol. The lowest BCUT2D eigenvalue weighted by atomic mass is 9.99. The van der Waals surface area contributed by atoms with Crippen LogP contribution in [0.1, 0.15) is 49.0 Å². The van der Waals surface area contributed by atoms with Crippen LogP contribution in [-0.2, 0) is 0 Å². The quantitative estimate of drug-likeness (QED) is 0.700. The normalized spacial score (nSPS) is 8.85. The zero-order chi connectivity index (χ0) is 20.5. The van der Waals surface area contributed by atoms with E-state index in [4.69, 9.17) is 4.74 Å². The molecule has 6 N–H and O–H groups in total. The van der Waals surface area contributed by atoms with Gasteiger partial charge in [-0.2, -0.15) is 0 Å². The van der Waals surface area contributed by atoms with Crippen molar-refractivity contribution in [3.8, 4) is 11.5 Å². The average molecular weight is 362 g/mol. The molecule has 2 rings (SSSR count). The van der Waals surface area contributed by atoms with Gasteiger partial charge in [0.05, 0.1) is 5.56 Å². The lowest BCUT2D eigenvalue weighted by Gasteiger charge is -2.13. The first kappa shape index (κ1) is 26.0. The van der Waals surface area contributed by atoms with Gasteiger partial charge in [0.25, 0.3) is 0 Å². The van der Waals surface area contributed by atoms with E-state index < -0.39 is 0 Å². The summed E-state index contributed by atoms with van der Waals surface area (Å²) in [5, 5.41) is 0. The van der Waals surface area contributed by atoms with Gasteiger partial charge in [0.15, 0.2) is 5.78 Å². The molecule has 26 heavy (non-hydrogen) atoms. The molecule has 0 saturated carbocycles. The van der Waals surface area contributed by atoms with E-state index in [0.29, 0.717) is 23.7 Å². The fourth-order valence-electron chi connectivity index (χ4n) is 2.02. The summed E-state index contributed by atoms with van der Waals surface area (Å²) in [6.07, 6.45) is 0.478. The Hall–Kier alpha value is -2.21. The van der Waals surface area contributed by atoms with E-state index in [1.807, 2.05) is 55.5 Å². The molecule has 5 heteroatoms. The Kier molecular flexibility index (Phi) is 16.3. The molecule has 0 aromatic heterocycles. The number of benzene rings is 2. The van der Waals surface area contributed by atoms with Crippen molar-refractivity contribution in [2.24, 2.45) is 17.2 Å². The SMILES string of the molecule is CCC(=O)c1ccc(C(C)C)cc1Oc1ccccc1.CN.CN.CN. The van der Waals surface area contributed by atoms with Crippen LogP contribution >= 0.6 is 0 Å². The molecule has 2 aromatic carbocycles. The molecule has 0 aliphatic rings. The van der Waals surface area contributed by atoms with Gasteiger partial charge >= 0.3 is 0 Å². The molecule has 5 nitrogen and oxygen atoms in total. The molecule has 0 bridgehead atoms. The summed E-state index contributed by atoms with van der Waals surface area (Å²) in [5.74, 6) is 1.90. The second kappa shape index (κ2) is 16.3. The fraction of sp³-hybridized carbons (Fsp3) is 0.381. The van der Waals surface area contributed by atoms with Gasteiger partial charge in [0, 0.05) is 6.42 Å². The second-order valence-electron chi connectivity index (χ2n) is 5.10. The number of carbonyl (C=O) groups is 1. The van der Waals surface area contributed by atoms with Crippen LogP contribution in [0, 0.1) is 0 Å². The predicted molar refractivity (Wildman–Crippen MR) is 112 cm³/mol. The molecule has 0 radical (unpaired) electrons. The van der Waals surface area contributed by atoms with Gasteiger partial charge in [-0.1, -0.05) is 45.0 Å². The van der Waals surface area contributed by atoms with Gasteiger partial charge in [-0.25, -0.2) is 0 Å². The highest BCUT2D eigenvalue weighted by Gasteiger charge is 2.13. The third kappa shape index (κ3) is 8.76. The summed E-state index contributed by atoms with van der Waals surface area (Å²) >= 11 is 0. The minimum atomic E-state index is 0.103. The molecule has 0 atom stereocenters. The van der Waals surface area contributed by atoms with Crippen molar-refractivity contribution < 1.29 is 9.53 Å². The maximum Gasteiger partial charge on any atom is 0.166 e. The van der Waals surface area contributed by atoms with Crippen LogP contribution < -0.4 is 21.9 Å². The molecule has 146 valence electrons. The summed E-state index contributed by atoms with van der Waals surface area (Å²) in [6, 6.07) is 15.4. The van der Waals surface area contributed by atoms with E-state index in [1.165, 1.54) is 26.7 Å². The number of hydrogen-bond donors (Lipinski definition) is 3. The van der Waals surface area contributed by atoms with Crippen molar-refractivity contribution in [1.29, 1.82) is 0 Å². The maximum absolute atomic E-state index is 12.0. The maximum atomic E-state index is 12.0. The van der Waals surface area contributed by atoms with Gasteiger partial charge in [0.2, 0.25) is 0 Å². The predicted octanol–water partition coefficient (Wildman–Crippen LogP) is 3.92. The molecule has 0 spiro atoms. The molecule has 0 heterocycles. The third-order valence-corrected chi connectivity index (χ3v) is 3.26. The molecule has 0 amide bonds. The Morgan fingerprint density at radius 1 is 0.923 bits per heavy atom. The van der Waals surface area contributed by atoms with E-state index in [-0.39, 0.29) is 5.78 Å². The van der Waals surface area contributed by atoms with Gasteiger partial charge < -0.3 is 21.9 Å². The number of rotatable bonds is 5. The fourth-order valence-corrected chi connectivity index (χ4v) is 2.02. The summed E-state index contributed by atoms with van der Waals surface area (Å²) in [6.45, 7) is 6.12. The summed E-state index contributed by atoms with van der Waals surface area (Å²) < 4.78 is 5.90. The number of ether oxygens (including phenoxy) is 1. The van der Waals surface area contributed by atoms with Gasteiger partial charge in [-0.15, -0.1) is 0 Å². The number of ketones is 1. The van der Waals surface area contributed by atoms with Crippen LogP contribution in [0.2, 0.25) is 0 Å². The van der Waals surface area contributed by atoms with Crippen molar-refractivity contribution in [3.05, 3.63) is 59.7 Å². The van der Waals surface area contributed by atoms with E-state index in [1.54, 1.807) is 0 Å². The highest BCUT2D eigenvalue weighted by atomic mass is 16.5. The zero-order valence-electron chi connectivity index (χ0n) is 17.0. The largest absolute Gasteiger partial charge is 0.457 e. The average Bonchev–Trinajstić information content (AvgIpc) is 2.72. The van der Waals surface area contributed by atoms with E-state index >= 15 is 0 Å². The number of Topliss-reactive ketones (excluding diaryl/α,β-unsaturated/α-hetero) is 1. The van der Waals surface area contributed by atoms with Crippen molar-refractivity contribution in [2.75, 3.05) is 21.1 Å². The van der Waals surface area contributed by atoms with Crippen LogP contribution in [0.3, 0.4) is 0 Å². The Morgan fingerprint density at radius 3 is 1.92 bits per heavy atom. The smallest absolute Gasteiger partial charge is 0.166 e. The summed E-state index contributed by atoms with van der Waals surface area (Å²) in [7, 11) is 4.50. The minimum Gasteiger partial charge on any atom is -0.457 e. The van der Waals surface area contributed by atoms with Gasteiger partial charge in [0.1, 0.15) is 11.5 Å². The van der Waals surface area contributed by atoms with Crippen LogP contribution in [0.5, 0.6) is 11.5 Å². The lowest BCUT2D eigenvalue weighted by molar-refractivity contribution is 0.0986. The third-order valence-electron chi connectivity index (χ3n) is 3.26. The summed E-state index contributed by atoms with van der Waals surface area (Å²) in [5.41, 5.74) is 15.3. The highest BCUT2D eigenvalue weighted by molar-refractivity contribution is 5.98. The molecule has 0 saturated heterocycles. The molecule has 0 fully saturated rings. The van der Waals surface area contributed by atoms with E-state index in [2.05, 4.69) is 31.0 Å². The van der Waals surface area contributed by atoms with Crippen LogP contribution in [0.25, 0.3) is 0 Å². The summed E-state index contributed by atoms with van der Waals surface area (Å²) in [4.78, 5) is 12.0. The zero-order valence-corrected chi connectivity index (χ0v) is 17.0. The van der Waals surface area contributed by atoms with Crippen molar-refractivity contribution in [2.45, 2.75) is 33.1 Å². The minimum absolute atomic E-state index is 0.103. The van der Waals surface area contributed by atoms with Crippen LogP contribution in [-0.4, -0.2) is 26.9 Å². The van der Waals surface area contributed by atoms with Crippen molar-refractivity contribution in [3.63, 3.8) is 0 Å². The van der Waals surface area contributed by atoms with Crippen LogP contribution in [0.15, 0.2) is 48.5 Å². The van der Waals surface area contributed by atoms with Gasteiger partial charge in [-0.3, -0.25) is 4.79 Å². The number of hydrogen-bond acceptors (Lipinski definition) is 5. The Labute approximate surface area is 158 Å². The van der Waals surface area contributed by atoms with Crippen molar-refractivity contribution >= 4 is 5.78 Å². The highest BCUT2D eigenvalue weighted by Crippen LogP contribution is 2.30. The lowest BCUT2D eigenvalue weighted by Crippen LogP contribution is -2.01. The Balaban J connectivity index is 0. The Morgan fingerprint density at radius 2 is 1.46 bits per heavy atom. The number of nitrogens with two attached hydrogens (primary N) is 3. The number of carbonyl (C=O) groups excluding carboxylic acids is 1. The van der Waals surface area contributed by atoms with Crippen LogP contribution in [0.4, 0.5) is 0 Å². The standard InChI is InChI=1S/C18H20O2.3CH5N/c1-4-17(19)16-11-10-14(13(2)3)12-18(16)20-15-8-6-5-7-9-15;3*1-2/h5-13H,4H2,1-3H3;3*2H2,1H3. The number of para-hydroxylation sites is 1. The van der Waals surface area contributed by atoms with Crippen molar-refractivity contribution in [1.82, 2.24) is 0 Å². The Bertz CT molecular complexity index is 599. The first-order valence-electron chi connectivity index (χ1n) is 8.75. The molecule has 2 aromatic rings. The molecule has 0 aliphatic heterocycles. The topological polar surface area (TPSA) is 104 Å². The molecular formula is C21H35N3O2. The molecule has 0 aliphatic carbocycles. The van der Waals surface area contributed by atoms with E-state index in [0.717, 1.165) is 5.75 Å². The second-order valence-corrected chi connectivity index (χ2v) is 5.10. The van der Waals surface area contributed by atoms with Gasteiger partial charge in [-0.05, 0) is 56.9 Å².